The van der Waals surface area contributed by atoms with Gasteiger partial charge in [0.2, 0.25) is 0 Å². The van der Waals surface area contributed by atoms with E-state index in [9.17, 15) is 4.79 Å². The van der Waals surface area contributed by atoms with Crippen molar-refractivity contribution in [1.82, 2.24) is 5.32 Å². The molecular weight excluding hydrogens is 280 g/mol. The number of allylic oxidation sites excluding steroid dienone is 2. The number of rotatable bonds is 3. The highest BCUT2D eigenvalue weighted by atomic mass is 35.6. The van der Waals surface area contributed by atoms with Crippen LogP contribution in [0.15, 0.2) is 11.6 Å². The van der Waals surface area contributed by atoms with Crippen LogP contribution < -0.4 is 5.32 Å². The minimum atomic E-state index is -1.87. The van der Waals surface area contributed by atoms with Gasteiger partial charge in [-0.3, -0.25) is 4.79 Å². The van der Waals surface area contributed by atoms with Crippen molar-refractivity contribution < 1.29 is 4.79 Å². The van der Waals surface area contributed by atoms with E-state index in [0.29, 0.717) is 18.4 Å². The van der Waals surface area contributed by atoms with Crippen LogP contribution in [-0.4, -0.2) is 16.2 Å². The minimum absolute atomic E-state index is 0.206. The molecule has 2 atom stereocenters. The first kappa shape index (κ1) is 15.1. The van der Waals surface area contributed by atoms with Crippen molar-refractivity contribution >= 4 is 40.7 Å². The maximum atomic E-state index is 11.4. The molecule has 98 valence electrons. The number of nitrogens with one attached hydrogen (secondary N) is 1. The second-order valence-corrected chi connectivity index (χ2v) is 7.69. The number of hydrogen-bond donors (Lipinski definition) is 1. The molecule has 1 aliphatic carbocycles. The molecule has 0 spiro atoms. The number of carbonyl (C=O) groups is 1. The molecule has 2 nitrogen and oxygen atoms in total. The van der Waals surface area contributed by atoms with Crippen molar-refractivity contribution in [2.45, 2.75) is 31.5 Å². The Morgan fingerprint density at radius 1 is 1.35 bits per heavy atom. The van der Waals surface area contributed by atoms with E-state index in [0.717, 1.165) is 0 Å². The topological polar surface area (TPSA) is 29.1 Å². The largest absolute Gasteiger partial charge is 0.352 e. The van der Waals surface area contributed by atoms with Crippen molar-refractivity contribution in [3.8, 4) is 0 Å². The Bertz CT molecular complexity index is 340. The average Bonchev–Trinajstić information content (AvgIpc) is 2.61. The SMILES string of the molecule is CC(C)=CC1C(CNC(=O)C(Cl)(Cl)Cl)C1(C)C. The second kappa shape index (κ2) is 4.99. The number of amides is 1. The third-order valence-corrected chi connectivity index (χ3v) is 3.91. The van der Waals surface area contributed by atoms with Gasteiger partial charge in [0, 0.05) is 6.54 Å². The zero-order valence-corrected chi connectivity index (χ0v) is 12.7. The number of carbonyl (C=O) groups excluding carboxylic acids is 1. The molecule has 17 heavy (non-hydrogen) atoms. The summed E-state index contributed by atoms with van der Waals surface area (Å²) in [5.41, 5.74) is 1.50. The molecule has 1 amide bonds. The highest BCUT2D eigenvalue weighted by Crippen LogP contribution is 2.58. The molecule has 0 heterocycles. The summed E-state index contributed by atoms with van der Waals surface area (Å²) in [7, 11) is 0. The molecule has 1 aliphatic rings. The molecule has 1 rings (SSSR count). The molecule has 0 bridgehead atoms. The smallest absolute Gasteiger partial charge is 0.272 e. The molecule has 0 aromatic heterocycles. The molecule has 2 unspecified atom stereocenters. The Labute approximate surface area is 118 Å². The molecule has 0 aromatic rings. The Hall–Kier alpha value is 0.0800. The predicted molar refractivity (Wildman–Crippen MR) is 73.5 cm³/mol. The quantitative estimate of drug-likeness (QED) is 0.624. The minimum Gasteiger partial charge on any atom is -0.352 e. The van der Waals surface area contributed by atoms with Gasteiger partial charge in [0.15, 0.2) is 0 Å². The first-order valence-corrected chi connectivity index (χ1v) is 6.70. The maximum absolute atomic E-state index is 11.4. The fourth-order valence-electron chi connectivity index (χ4n) is 2.17. The standard InChI is InChI=1S/C12H18Cl3NO/c1-7(2)5-8-9(11(8,3)4)6-16-10(17)12(13,14)15/h5,8-9H,6H2,1-4H3,(H,16,17). The lowest BCUT2D eigenvalue weighted by atomic mass is 10.1. The van der Waals surface area contributed by atoms with Gasteiger partial charge in [0.1, 0.15) is 0 Å². The predicted octanol–water partition coefficient (Wildman–Crippen LogP) is 3.71. The summed E-state index contributed by atoms with van der Waals surface area (Å²) in [5.74, 6) is 0.345. The van der Waals surface area contributed by atoms with Crippen molar-refractivity contribution in [1.29, 1.82) is 0 Å². The monoisotopic (exact) mass is 297 g/mol. The zero-order chi connectivity index (χ0) is 13.4. The van der Waals surface area contributed by atoms with Crippen molar-refractivity contribution in [2.75, 3.05) is 6.54 Å². The van der Waals surface area contributed by atoms with Crippen LogP contribution in [0.4, 0.5) is 0 Å². The van der Waals surface area contributed by atoms with Gasteiger partial charge in [-0.15, -0.1) is 0 Å². The van der Waals surface area contributed by atoms with Gasteiger partial charge in [-0.05, 0) is 31.1 Å². The summed E-state index contributed by atoms with van der Waals surface area (Å²) < 4.78 is -1.87. The molecule has 1 N–H and O–H groups in total. The van der Waals surface area contributed by atoms with E-state index in [-0.39, 0.29) is 5.41 Å². The molecule has 0 saturated heterocycles. The van der Waals surface area contributed by atoms with Crippen LogP contribution in [-0.2, 0) is 4.79 Å². The van der Waals surface area contributed by atoms with Crippen molar-refractivity contribution in [2.24, 2.45) is 17.3 Å². The van der Waals surface area contributed by atoms with E-state index < -0.39 is 9.70 Å². The third kappa shape index (κ3) is 3.77. The van der Waals surface area contributed by atoms with E-state index in [1.54, 1.807) is 0 Å². The zero-order valence-electron chi connectivity index (χ0n) is 10.5. The Balaban J connectivity index is 2.50. The molecule has 5 heteroatoms. The lowest BCUT2D eigenvalue weighted by Crippen LogP contribution is -2.36. The second-order valence-electron chi connectivity index (χ2n) is 5.41. The van der Waals surface area contributed by atoms with Crippen molar-refractivity contribution in [3.63, 3.8) is 0 Å². The Kier molecular flexibility index (Phi) is 4.44. The van der Waals surface area contributed by atoms with Crippen LogP contribution in [0.25, 0.3) is 0 Å². The van der Waals surface area contributed by atoms with E-state index in [2.05, 4.69) is 39.1 Å². The first-order valence-electron chi connectivity index (χ1n) is 5.57. The van der Waals surface area contributed by atoms with E-state index in [1.807, 2.05) is 0 Å². The van der Waals surface area contributed by atoms with Crippen LogP contribution in [0.1, 0.15) is 27.7 Å². The Morgan fingerprint density at radius 3 is 2.29 bits per heavy atom. The normalized spacial score (nSPS) is 26.3. The fraction of sp³-hybridized carbons (Fsp3) is 0.750. The summed E-state index contributed by atoms with van der Waals surface area (Å²) in [6.45, 7) is 9.07. The summed E-state index contributed by atoms with van der Waals surface area (Å²) in [4.78, 5) is 11.4. The van der Waals surface area contributed by atoms with Gasteiger partial charge < -0.3 is 5.32 Å². The van der Waals surface area contributed by atoms with Crippen LogP contribution in [0.3, 0.4) is 0 Å². The lowest BCUT2D eigenvalue weighted by Gasteiger charge is -2.11. The molecule has 1 fully saturated rings. The van der Waals surface area contributed by atoms with Crippen LogP contribution in [0, 0.1) is 17.3 Å². The van der Waals surface area contributed by atoms with Gasteiger partial charge in [-0.25, -0.2) is 0 Å². The lowest BCUT2D eigenvalue weighted by molar-refractivity contribution is -0.120. The van der Waals surface area contributed by atoms with Gasteiger partial charge in [0.05, 0.1) is 0 Å². The van der Waals surface area contributed by atoms with Crippen LogP contribution >= 0.6 is 34.8 Å². The molecule has 1 saturated carbocycles. The maximum Gasteiger partial charge on any atom is 0.272 e. The molecule has 0 aliphatic heterocycles. The summed E-state index contributed by atoms with van der Waals surface area (Å²) >= 11 is 16.5. The van der Waals surface area contributed by atoms with Gasteiger partial charge >= 0.3 is 0 Å². The number of hydrogen-bond acceptors (Lipinski definition) is 1. The summed E-state index contributed by atoms with van der Waals surface area (Å²) in [6.07, 6.45) is 2.24. The van der Waals surface area contributed by atoms with Crippen LogP contribution in [0.2, 0.25) is 0 Å². The first-order chi connectivity index (χ1) is 7.56. The average molecular weight is 299 g/mol. The number of alkyl halides is 3. The molecule has 0 radical (unpaired) electrons. The Morgan fingerprint density at radius 2 is 1.88 bits per heavy atom. The summed E-state index contributed by atoms with van der Waals surface area (Å²) in [6, 6.07) is 0. The van der Waals surface area contributed by atoms with Gasteiger partial charge in [-0.2, -0.15) is 0 Å². The van der Waals surface area contributed by atoms with Crippen LogP contribution in [0.5, 0.6) is 0 Å². The highest BCUT2D eigenvalue weighted by molar-refractivity contribution is 6.76. The highest BCUT2D eigenvalue weighted by Gasteiger charge is 2.56. The van der Waals surface area contributed by atoms with Gasteiger partial charge in [0.25, 0.3) is 9.70 Å². The summed E-state index contributed by atoms with van der Waals surface area (Å²) in [5, 5.41) is 2.68. The fourth-order valence-corrected chi connectivity index (χ4v) is 2.37. The van der Waals surface area contributed by atoms with Gasteiger partial charge in [-0.1, -0.05) is 60.3 Å². The number of halogens is 3. The van der Waals surface area contributed by atoms with E-state index in [1.165, 1.54) is 5.57 Å². The van der Waals surface area contributed by atoms with Crippen molar-refractivity contribution in [3.05, 3.63) is 11.6 Å². The van der Waals surface area contributed by atoms with E-state index >= 15 is 0 Å². The third-order valence-electron chi connectivity index (χ3n) is 3.39. The molecular formula is C12H18Cl3NO. The molecule has 0 aromatic carbocycles. The van der Waals surface area contributed by atoms with E-state index in [4.69, 9.17) is 34.8 Å².